The average Bonchev–Trinajstić information content (AvgIpc) is 2.65. The normalized spacial score (nSPS) is 17.6. The first-order valence-electron chi connectivity index (χ1n) is 6.78. The van der Waals surface area contributed by atoms with Gasteiger partial charge in [0, 0.05) is 14.5 Å². The van der Waals surface area contributed by atoms with Gasteiger partial charge in [0.25, 0.3) is 0 Å². The number of nitrogens with one attached hydrogen (secondary N) is 1. The van der Waals surface area contributed by atoms with Crippen LogP contribution >= 0.6 is 31.9 Å². The lowest BCUT2D eigenvalue weighted by Gasteiger charge is -2.21. The first-order chi connectivity index (χ1) is 10.1. The Labute approximate surface area is 140 Å². The van der Waals surface area contributed by atoms with Crippen LogP contribution in [0.4, 0.5) is 10.1 Å². The minimum Gasteiger partial charge on any atom is -0.493 e. The minimum absolute atomic E-state index is 0.0313. The summed E-state index contributed by atoms with van der Waals surface area (Å²) < 4.78 is 21.5. The highest BCUT2D eigenvalue weighted by atomic mass is 79.9. The Kier molecular flexibility index (Phi) is 4.50. The lowest BCUT2D eigenvalue weighted by Crippen LogP contribution is -2.11. The molecule has 1 atom stereocenters. The van der Waals surface area contributed by atoms with Crippen molar-refractivity contribution in [2.75, 3.05) is 11.9 Å². The van der Waals surface area contributed by atoms with Gasteiger partial charge in [0.05, 0.1) is 18.3 Å². The van der Waals surface area contributed by atoms with Crippen molar-refractivity contribution >= 4 is 37.5 Å². The fraction of sp³-hybridized carbons (Fsp3) is 0.250. The maximum Gasteiger partial charge on any atom is 0.147 e. The van der Waals surface area contributed by atoms with Crippen molar-refractivity contribution in [3.05, 3.63) is 56.7 Å². The van der Waals surface area contributed by atoms with Crippen LogP contribution in [0.2, 0.25) is 0 Å². The quantitative estimate of drug-likeness (QED) is 0.682. The van der Waals surface area contributed by atoms with Gasteiger partial charge >= 0.3 is 0 Å². The van der Waals surface area contributed by atoms with E-state index >= 15 is 0 Å². The molecule has 1 unspecified atom stereocenters. The van der Waals surface area contributed by atoms with Crippen molar-refractivity contribution in [3.63, 3.8) is 0 Å². The molecule has 1 aliphatic rings. The number of rotatable bonds is 2. The molecule has 0 saturated heterocycles. The largest absolute Gasteiger partial charge is 0.493 e. The molecule has 0 aromatic heterocycles. The highest BCUT2D eigenvalue weighted by molar-refractivity contribution is 9.10. The Balaban J connectivity index is 1.96. The maximum atomic E-state index is 14.0. The summed E-state index contributed by atoms with van der Waals surface area (Å²) >= 11 is 6.86. The fourth-order valence-corrected chi connectivity index (χ4v) is 3.30. The number of hydrogen-bond donors (Lipinski definition) is 1. The highest BCUT2D eigenvalue weighted by Crippen LogP contribution is 2.37. The van der Waals surface area contributed by atoms with Gasteiger partial charge in [-0.3, -0.25) is 0 Å². The lowest BCUT2D eigenvalue weighted by atomic mass is 10.0. The molecule has 1 aliphatic heterocycles. The Morgan fingerprint density at radius 2 is 2.05 bits per heavy atom. The Bertz CT molecular complexity index is 642. The predicted octanol–water partition coefficient (Wildman–Crippen LogP) is 5.68. The SMILES string of the molecule is Fc1cccc(Br)c1NC1CCCOc2cc(Br)ccc21. The summed E-state index contributed by atoms with van der Waals surface area (Å²) in [5, 5.41) is 3.32. The molecule has 3 rings (SSSR count). The van der Waals surface area contributed by atoms with Crippen LogP contribution in [0.1, 0.15) is 24.4 Å². The predicted molar refractivity (Wildman–Crippen MR) is 89.3 cm³/mol. The molecular formula is C16H14Br2FNO. The van der Waals surface area contributed by atoms with Gasteiger partial charge in [-0.05, 0) is 53.0 Å². The summed E-state index contributed by atoms with van der Waals surface area (Å²) in [6.45, 7) is 0.681. The summed E-state index contributed by atoms with van der Waals surface area (Å²) in [7, 11) is 0. The second-order valence-corrected chi connectivity index (χ2v) is 6.74. The number of anilines is 1. The zero-order valence-corrected chi connectivity index (χ0v) is 14.4. The first-order valence-corrected chi connectivity index (χ1v) is 8.36. The van der Waals surface area contributed by atoms with Crippen molar-refractivity contribution in [2.45, 2.75) is 18.9 Å². The Hall–Kier alpha value is -1.07. The zero-order valence-electron chi connectivity index (χ0n) is 11.2. The first kappa shape index (κ1) is 14.9. The fourth-order valence-electron chi connectivity index (χ4n) is 2.51. The third kappa shape index (κ3) is 3.24. The zero-order chi connectivity index (χ0) is 14.8. The number of para-hydroxylation sites is 1. The van der Waals surface area contributed by atoms with Gasteiger partial charge < -0.3 is 10.1 Å². The monoisotopic (exact) mass is 413 g/mol. The molecule has 0 radical (unpaired) electrons. The van der Waals surface area contributed by atoms with Crippen molar-refractivity contribution < 1.29 is 9.13 Å². The maximum absolute atomic E-state index is 14.0. The molecule has 2 aromatic rings. The minimum atomic E-state index is -0.256. The van der Waals surface area contributed by atoms with E-state index in [2.05, 4.69) is 37.2 Å². The Morgan fingerprint density at radius 3 is 2.86 bits per heavy atom. The van der Waals surface area contributed by atoms with Crippen LogP contribution in [0.25, 0.3) is 0 Å². The van der Waals surface area contributed by atoms with Gasteiger partial charge in [-0.15, -0.1) is 0 Å². The van der Waals surface area contributed by atoms with E-state index in [4.69, 9.17) is 4.74 Å². The van der Waals surface area contributed by atoms with Gasteiger partial charge in [0.2, 0.25) is 0 Å². The second kappa shape index (κ2) is 6.36. The smallest absolute Gasteiger partial charge is 0.147 e. The molecule has 0 aliphatic carbocycles. The van der Waals surface area contributed by atoms with E-state index in [0.717, 1.165) is 33.1 Å². The summed E-state index contributed by atoms with van der Waals surface area (Å²) in [6.07, 6.45) is 1.82. The number of hydrogen-bond acceptors (Lipinski definition) is 2. The number of halogens is 3. The molecule has 2 nitrogen and oxygen atoms in total. The van der Waals surface area contributed by atoms with E-state index in [1.54, 1.807) is 6.07 Å². The Morgan fingerprint density at radius 1 is 1.19 bits per heavy atom. The lowest BCUT2D eigenvalue weighted by molar-refractivity contribution is 0.316. The van der Waals surface area contributed by atoms with E-state index in [1.807, 2.05) is 24.3 Å². The van der Waals surface area contributed by atoms with Crippen LogP contribution in [0.15, 0.2) is 45.3 Å². The number of benzene rings is 2. The van der Waals surface area contributed by atoms with Crippen LogP contribution in [-0.4, -0.2) is 6.61 Å². The average molecular weight is 415 g/mol. The van der Waals surface area contributed by atoms with Gasteiger partial charge in [-0.1, -0.05) is 28.1 Å². The molecular weight excluding hydrogens is 401 g/mol. The topological polar surface area (TPSA) is 21.3 Å². The summed E-state index contributed by atoms with van der Waals surface area (Å²) in [4.78, 5) is 0. The van der Waals surface area contributed by atoms with Crippen LogP contribution in [0.5, 0.6) is 5.75 Å². The molecule has 1 heterocycles. The van der Waals surface area contributed by atoms with Crippen LogP contribution in [0, 0.1) is 5.82 Å². The van der Waals surface area contributed by atoms with Gasteiger partial charge in [0.15, 0.2) is 0 Å². The molecule has 0 spiro atoms. The second-order valence-electron chi connectivity index (χ2n) is 4.97. The molecule has 0 fully saturated rings. The third-order valence-corrected chi connectivity index (χ3v) is 4.68. The molecule has 0 bridgehead atoms. The van der Waals surface area contributed by atoms with Crippen molar-refractivity contribution in [1.82, 2.24) is 0 Å². The molecule has 110 valence electrons. The molecule has 0 saturated carbocycles. The molecule has 2 aromatic carbocycles. The summed E-state index contributed by atoms with van der Waals surface area (Å²) in [6, 6.07) is 11.0. The van der Waals surface area contributed by atoms with Gasteiger partial charge in [0.1, 0.15) is 11.6 Å². The van der Waals surface area contributed by atoms with E-state index in [0.29, 0.717) is 12.3 Å². The number of fused-ring (bicyclic) bond motifs is 1. The van der Waals surface area contributed by atoms with Crippen molar-refractivity contribution in [3.8, 4) is 5.75 Å². The van der Waals surface area contributed by atoms with Gasteiger partial charge in [-0.2, -0.15) is 0 Å². The summed E-state index contributed by atoms with van der Waals surface area (Å²) in [5.41, 5.74) is 1.56. The van der Waals surface area contributed by atoms with E-state index < -0.39 is 0 Å². The van der Waals surface area contributed by atoms with Crippen LogP contribution < -0.4 is 10.1 Å². The van der Waals surface area contributed by atoms with Gasteiger partial charge in [-0.25, -0.2) is 4.39 Å². The highest BCUT2D eigenvalue weighted by Gasteiger charge is 2.21. The van der Waals surface area contributed by atoms with E-state index in [9.17, 15) is 4.39 Å². The molecule has 21 heavy (non-hydrogen) atoms. The molecule has 5 heteroatoms. The molecule has 0 amide bonds. The third-order valence-electron chi connectivity index (χ3n) is 3.53. The van der Waals surface area contributed by atoms with Crippen molar-refractivity contribution in [1.29, 1.82) is 0 Å². The molecule has 1 N–H and O–H groups in total. The summed E-state index contributed by atoms with van der Waals surface area (Å²) in [5.74, 6) is 0.597. The van der Waals surface area contributed by atoms with E-state index in [-0.39, 0.29) is 11.9 Å². The van der Waals surface area contributed by atoms with E-state index in [1.165, 1.54) is 6.07 Å². The van der Waals surface area contributed by atoms with Crippen LogP contribution in [0.3, 0.4) is 0 Å². The standard InChI is InChI=1S/C16H14Br2FNO/c17-10-6-7-11-14(5-2-8-21-15(11)9-10)20-16-12(18)3-1-4-13(16)19/h1,3-4,6-7,9,14,20H,2,5,8H2. The number of ether oxygens (including phenoxy) is 1. The van der Waals surface area contributed by atoms with Crippen LogP contribution in [-0.2, 0) is 0 Å². The van der Waals surface area contributed by atoms with Crippen molar-refractivity contribution in [2.24, 2.45) is 0 Å².